The van der Waals surface area contributed by atoms with Crippen molar-refractivity contribution in [2.45, 2.75) is 26.8 Å². The van der Waals surface area contributed by atoms with E-state index in [1.54, 1.807) is 20.2 Å². The molecule has 1 N–H and O–H groups in total. The Morgan fingerprint density at radius 3 is 2.29 bits per heavy atom. The number of hydrogen-bond donors (Lipinski definition) is 1. The van der Waals surface area contributed by atoms with E-state index in [1.165, 1.54) is 11.6 Å². The van der Waals surface area contributed by atoms with Crippen molar-refractivity contribution in [1.82, 2.24) is 9.13 Å². The monoisotopic (exact) mass is 238 g/mol. The van der Waals surface area contributed by atoms with Crippen LogP contribution >= 0.6 is 0 Å². The summed E-state index contributed by atoms with van der Waals surface area (Å²) in [6.07, 6.45) is 1.56. The number of hydrogen-bond acceptors (Lipinski definition) is 4. The molecular formula is C11H18N4O2. The van der Waals surface area contributed by atoms with Crippen molar-refractivity contribution in [1.29, 1.82) is 0 Å². The molecule has 94 valence electrons. The maximum absolute atomic E-state index is 12.0. The summed E-state index contributed by atoms with van der Waals surface area (Å²) in [4.78, 5) is 27.8. The van der Waals surface area contributed by atoms with Gasteiger partial charge in [0.05, 0.1) is 0 Å². The molecule has 1 heterocycles. The lowest BCUT2D eigenvalue weighted by molar-refractivity contribution is 0.687. The molecule has 1 rings (SSSR count). The van der Waals surface area contributed by atoms with Gasteiger partial charge in [0, 0.05) is 26.4 Å². The molecule has 0 bridgehead atoms. The van der Waals surface area contributed by atoms with Crippen molar-refractivity contribution in [3.8, 4) is 0 Å². The summed E-state index contributed by atoms with van der Waals surface area (Å²) in [5, 5.41) is 3.03. The molecule has 0 fully saturated rings. The van der Waals surface area contributed by atoms with E-state index in [2.05, 4.69) is 10.3 Å². The molecule has 6 nitrogen and oxygen atoms in total. The van der Waals surface area contributed by atoms with Crippen LogP contribution in [0.5, 0.6) is 0 Å². The number of anilines is 1. The van der Waals surface area contributed by atoms with Gasteiger partial charge in [-0.1, -0.05) is 0 Å². The molecule has 0 aromatic carbocycles. The Kier molecular flexibility index (Phi) is 3.88. The predicted molar refractivity (Wildman–Crippen MR) is 69.5 cm³/mol. The maximum Gasteiger partial charge on any atom is 0.332 e. The molecule has 1 aromatic rings. The molecule has 17 heavy (non-hydrogen) atoms. The van der Waals surface area contributed by atoms with Gasteiger partial charge in [-0.05, 0) is 20.8 Å². The number of nitrogens with zero attached hydrogens (tertiary/aromatic N) is 3. The Morgan fingerprint density at radius 2 is 1.82 bits per heavy atom. The molecule has 0 aliphatic carbocycles. The third-order valence-electron chi connectivity index (χ3n) is 2.32. The van der Waals surface area contributed by atoms with Crippen LogP contribution in [0.4, 0.5) is 11.5 Å². The Morgan fingerprint density at radius 1 is 1.24 bits per heavy atom. The highest BCUT2D eigenvalue weighted by atomic mass is 16.2. The SMILES string of the molecule is C/C=N\c1c(NC(C)C)c(=O)n(C)c(=O)n1C. The van der Waals surface area contributed by atoms with Crippen LogP contribution in [-0.2, 0) is 14.1 Å². The number of aromatic nitrogens is 2. The fraction of sp³-hybridized carbons (Fsp3) is 0.545. The molecule has 6 heteroatoms. The van der Waals surface area contributed by atoms with E-state index in [0.717, 1.165) is 4.57 Å². The van der Waals surface area contributed by atoms with Gasteiger partial charge in [0.15, 0.2) is 5.82 Å². The summed E-state index contributed by atoms with van der Waals surface area (Å²) in [6, 6.07) is 0.0889. The number of aliphatic imine (C=N–C) groups is 1. The summed E-state index contributed by atoms with van der Waals surface area (Å²) in [7, 11) is 3.05. The Bertz CT molecular complexity index is 552. The van der Waals surface area contributed by atoms with Crippen molar-refractivity contribution >= 4 is 17.7 Å². The highest BCUT2D eigenvalue weighted by Crippen LogP contribution is 2.18. The van der Waals surface area contributed by atoms with Gasteiger partial charge in [-0.3, -0.25) is 13.9 Å². The minimum atomic E-state index is -0.384. The highest BCUT2D eigenvalue weighted by Gasteiger charge is 2.15. The normalized spacial score (nSPS) is 11.4. The summed E-state index contributed by atoms with van der Waals surface area (Å²) in [5.74, 6) is 0.356. The Hall–Kier alpha value is -1.85. The van der Waals surface area contributed by atoms with Gasteiger partial charge in [-0.15, -0.1) is 0 Å². The average Bonchev–Trinajstić information content (AvgIpc) is 2.28. The van der Waals surface area contributed by atoms with Gasteiger partial charge in [-0.2, -0.15) is 0 Å². The van der Waals surface area contributed by atoms with Crippen molar-refractivity contribution in [3.63, 3.8) is 0 Å². The largest absolute Gasteiger partial charge is 0.375 e. The highest BCUT2D eigenvalue weighted by molar-refractivity contribution is 5.68. The quantitative estimate of drug-likeness (QED) is 0.785. The first kappa shape index (κ1) is 13.2. The molecular weight excluding hydrogens is 220 g/mol. The average molecular weight is 238 g/mol. The van der Waals surface area contributed by atoms with Gasteiger partial charge in [-0.25, -0.2) is 9.79 Å². The van der Waals surface area contributed by atoms with E-state index < -0.39 is 0 Å². The molecule has 0 spiro atoms. The molecule has 0 atom stereocenters. The lowest BCUT2D eigenvalue weighted by Gasteiger charge is -2.15. The fourth-order valence-corrected chi connectivity index (χ4v) is 1.52. The van der Waals surface area contributed by atoms with Gasteiger partial charge in [0.25, 0.3) is 5.56 Å². The van der Waals surface area contributed by atoms with Gasteiger partial charge < -0.3 is 5.32 Å². The van der Waals surface area contributed by atoms with Gasteiger partial charge in [0.1, 0.15) is 5.69 Å². The zero-order chi connectivity index (χ0) is 13.2. The number of rotatable bonds is 3. The van der Waals surface area contributed by atoms with Crippen molar-refractivity contribution in [2.24, 2.45) is 19.1 Å². The molecule has 0 saturated carbocycles. The van der Waals surface area contributed by atoms with E-state index in [0.29, 0.717) is 11.5 Å². The predicted octanol–water partition coefficient (Wildman–Crippen LogP) is 0.626. The van der Waals surface area contributed by atoms with Crippen LogP contribution in [-0.4, -0.2) is 21.4 Å². The van der Waals surface area contributed by atoms with Crippen LogP contribution in [0.1, 0.15) is 20.8 Å². The summed E-state index contributed by atoms with van der Waals surface area (Å²) < 4.78 is 2.42. The van der Waals surface area contributed by atoms with Crippen LogP contribution in [0.25, 0.3) is 0 Å². The molecule has 0 unspecified atom stereocenters. The number of nitrogens with one attached hydrogen (secondary N) is 1. The molecule has 0 radical (unpaired) electrons. The van der Waals surface area contributed by atoms with E-state index in [9.17, 15) is 9.59 Å². The first-order valence-corrected chi connectivity index (χ1v) is 5.45. The minimum Gasteiger partial charge on any atom is -0.375 e. The van der Waals surface area contributed by atoms with E-state index >= 15 is 0 Å². The van der Waals surface area contributed by atoms with Crippen molar-refractivity contribution in [2.75, 3.05) is 5.32 Å². The first-order valence-electron chi connectivity index (χ1n) is 5.45. The van der Waals surface area contributed by atoms with Gasteiger partial charge in [0.2, 0.25) is 0 Å². The molecule has 1 aromatic heterocycles. The third kappa shape index (κ3) is 2.46. The third-order valence-corrected chi connectivity index (χ3v) is 2.32. The van der Waals surface area contributed by atoms with Crippen LogP contribution < -0.4 is 16.6 Å². The molecule has 0 amide bonds. The van der Waals surface area contributed by atoms with Crippen molar-refractivity contribution in [3.05, 3.63) is 20.8 Å². The zero-order valence-corrected chi connectivity index (χ0v) is 10.8. The maximum atomic E-state index is 12.0. The van der Waals surface area contributed by atoms with Crippen LogP contribution in [0, 0.1) is 0 Å². The summed E-state index contributed by atoms with van der Waals surface area (Å²) in [5.41, 5.74) is -0.394. The van der Waals surface area contributed by atoms with E-state index in [1.807, 2.05) is 13.8 Å². The molecule has 0 aliphatic rings. The van der Waals surface area contributed by atoms with Crippen LogP contribution in [0.3, 0.4) is 0 Å². The van der Waals surface area contributed by atoms with Crippen LogP contribution in [0.15, 0.2) is 14.6 Å². The van der Waals surface area contributed by atoms with Crippen molar-refractivity contribution < 1.29 is 0 Å². The lowest BCUT2D eigenvalue weighted by atomic mass is 10.3. The second-order valence-corrected chi connectivity index (χ2v) is 4.09. The Labute approximate surface area is 99.6 Å². The molecule has 0 saturated heterocycles. The smallest absolute Gasteiger partial charge is 0.332 e. The fourth-order valence-electron chi connectivity index (χ4n) is 1.52. The Balaban J connectivity index is 3.65. The standard InChI is InChI=1S/C11H18N4O2/c1-6-12-9-8(13-7(2)3)10(16)15(5)11(17)14(9)4/h6-7,13H,1-5H3/b12-6-. The first-order chi connectivity index (χ1) is 7.90. The zero-order valence-electron chi connectivity index (χ0n) is 10.8. The van der Waals surface area contributed by atoms with Crippen LogP contribution in [0.2, 0.25) is 0 Å². The second kappa shape index (κ2) is 4.99. The second-order valence-electron chi connectivity index (χ2n) is 4.09. The summed E-state index contributed by atoms with van der Waals surface area (Å²) in [6.45, 7) is 5.58. The lowest BCUT2D eigenvalue weighted by Crippen LogP contribution is -2.38. The van der Waals surface area contributed by atoms with Gasteiger partial charge >= 0.3 is 5.69 Å². The topological polar surface area (TPSA) is 68.4 Å². The minimum absolute atomic E-state index is 0.0889. The van der Waals surface area contributed by atoms with E-state index in [4.69, 9.17) is 0 Å². The molecule has 0 aliphatic heterocycles. The summed E-state index contributed by atoms with van der Waals surface area (Å²) >= 11 is 0. The van der Waals surface area contributed by atoms with E-state index in [-0.39, 0.29) is 17.3 Å².